The Hall–Kier alpha value is -2.22. The minimum absolute atomic E-state index is 0.0662. The summed E-state index contributed by atoms with van der Waals surface area (Å²) in [6.07, 6.45) is 1.50. The number of nitrogens with one attached hydrogen (secondary N) is 1. The number of likely N-dealkylation sites (N-methyl/N-ethyl adjacent to an activating group) is 2. The highest BCUT2D eigenvalue weighted by molar-refractivity contribution is 5.78. The number of hydrogen-bond acceptors (Lipinski definition) is 5. The van der Waals surface area contributed by atoms with Crippen LogP contribution in [0, 0.1) is 0 Å². The molecule has 0 aliphatic heterocycles. The molecule has 2 aromatic heterocycles. The minimum Gasteiger partial charge on any atom is -0.342 e. The second kappa shape index (κ2) is 6.69. The molecule has 0 saturated heterocycles. The van der Waals surface area contributed by atoms with Crippen molar-refractivity contribution in [1.29, 1.82) is 0 Å². The van der Waals surface area contributed by atoms with E-state index in [1.807, 2.05) is 25.8 Å². The highest BCUT2D eigenvalue weighted by atomic mass is 16.2. The first-order chi connectivity index (χ1) is 10.5. The number of rotatable bonds is 6. The fourth-order valence-electron chi connectivity index (χ4n) is 2.37. The van der Waals surface area contributed by atoms with Gasteiger partial charge in [0.15, 0.2) is 5.65 Å². The van der Waals surface area contributed by atoms with Gasteiger partial charge < -0.3 is 9.88 Å². The number of hydrogen-bond donors (Lipinski definition) is 1. The molecule has 0 aliphatic carbocycles. The number of amides is 1. The Bertz CT molecular complexity index is 716. The summed E-state index contributed by atoms with van der Waals surface area (Å²) in [6, 6.07) is 0. The van der Waals surface area contributed by atoms with Crippen LogP contribution in [0.15, 0.2) is 11.0 Å². The molecule has 8 heteroatoms. The molecule has 0 aliphatic rings. The van der Waals surface area contributed by atoms with Crippen LogP contribution >= 0.6 is 0 Å². The zero-order valence-electron chi connectivity index (χ0n) is 13.5. The third kappa shape index (κ3) is 3.33. The van der Waals surface area contributed by atoms with Crippen LogP contribution in [0.3, 0.4) is 0 Å². The van der Waals surface area contributed by atoms with Crippen molar-refractivity contribution in [2.24, 2.45) is 7.05 Å². The van der Waals surface area contributed by atoms with E-state index in [0.29, 0.717) is 36.5 Å². The molecule has 0 atom stereocenters. The lowest BCUT2D eigenvalue weighted by molar-refractivity contribution is -0.131. The number of carbonyl (C=O) groups is 1. The molecule has 0 aromatic carbocycles. The van der Waals surface area contributed by atoms with E-state index >= 15 is 0 Å². The standard InChI is InChI=1S/C14H22N6O2/c1-5-20(6-2)12(21)9-18(3)8-11-16-13-10(14(22)17-11)7-15-19(13)4/h7H,5-6,8-9H2,1-4H3,(H,16,17,22). The molecule has 8 nitrogen and oxygen atoms in total. The summed E-state index contributed by atoms with van der Waals surface area (Å²) in [4.78, 5) is 34.8. The van der Waals surface area contributed by atoms with E-state index in [4.69, 9.17) is 0 Å². The second-order valence-corrected chi connectivity index (χ2v) is 5.26. The fraction of sp³-hybridized carbons (Fsp3) is 0.571. The van der Waals surface area contributed by atoms with Gasteiger partial charge in [-0.25, -0.2) is 4.98 Å². The van der Waals surface area contributed by atoms with Crippen molar-refractivity contribution in [2.75, 3.05) is 26.7 Å². The largest absolute Gasteiger partial charge is 0.342 e. The predicted molar refractivity (Wildman–Crippen MR) is 83.4 cm³/mol. The van der Waals surface area contributed by atoms with Crippen LogP contribution in [0.2, 0.25) is 0 Å². The van der Waals surface area contributed by atoms with Gasteiger partial charge in [-0.2, -0.15) is 5.10 Å². The van der Waals surface area contributed by atoms with Crippen molar-refractivity contribution in [3.05, 3.63) is 22.4 Å². The van der Waals surface area contributed by atoms with E-state index in [9.17, 15) is 9.59 Å². The molecule has 120 valence electrons. The minimum atomic E-state index is -0.212. The third-order valence-corrected chi connectivity index (χ3v) is 3.59. The van der Waals surface area contributed by atoms with Crippen LogP contribution in [0.4, 0.5) is 0 Å². The van der Waals surface area contributed by atoms with Crippen LogP contribution in [0.1, 0.15) is 19.7 Å². The molecule has 0 unspecified atom stereocenters. The topological polar surface area (TPSA) is 87.1 Å². The molecule has 0 spiro atoms. The lowest BCUT2D eigenvalue weighted by Crippen LogP contribution is -2.38. The maximum absolute atomic E-state index is 12.1. The zero-order chi connectivity index (χ0) is 16.3. The molecule has 1 amide bonds. The first kappa shape index (κ1) is 16.2. The smallest absolute Gasteiger partial charge is 0.262 e. The lowest BCUT2D eigenvalue weighted by Gasteiger charge is -2.22. The Morgan fingerprint density at radius 2 is 2.05 bits per heavy atom. The summed E-state index contributed by atoms with van der Waals surface area (Å²) in [6.45, 7) is 5.98. The summed E-state index contributed by atoms with van der Waals surface area (Å²) in [5.41, 5.74) is 0.332. The maximum atomic E-state index is 12.1. The Labute approximate surface area is 128 Å². The number of aromatic amines is 1. The molecule has 0 radical (unpaired) electrons. The molecular formula is C14H22N6O2. The number of aryl methyl sites for hydroxylation is 1. The molecule has 2 aromatic rings. The van der Waals surface area contributed by atoms with Crippen LogP contribution in [-0.2, 0) is 18.4 Å². The van der Waals surface area contributed by atoms with Crippen molar-refractivity contribution in [3.63, 3.8) is 0 Å². The molecule has 0 bridgehead atoms. The predicted octanol–water partition coefficient (Wildman–Crippen LogP) is -0.0432. The van der Waals surface area contributed by atoms with Crippen LogP contribution in [0.5, 0.6) is 0 Å². The third-order valence-electron chi connectivity index (χ3n) is 3.59. The van der Waals surface area contributed by atoms with Crippen molar-refractivity contribution < 1.29 is 4.79 Å². The van der Waals surface area contributed by atoms with Crippen LogP contribution in [0.25, 0.3) is 11.0 Å². The van der Waals surface area contributed by atoms with Gasteiger partial charge in [-0.1, -0.05) is 0 Å². The zero-order valence-corrected chi connectivity index (χ0v) is 13.5. The fourth-order valence-corrected chi connectivity index (χ4v) is 2.37. The molecular weight excluding hydrogens is 284 g/mol. The normalized spacial score (nSPS) is 11.3. The Kier molecular flexibility index (Phi) is 4.92. The van der Waals surface area contributed by atoms with Crippen molar-refractivity contribution in [3.8, 4) is 0 Å². The number of nitrogens with zero attached hydrogens (tertiary/aromatic N) is 5. The number of fused-ring (bicyclic) bond motifs is 1. The van der Waals surface area contributed by atoms with E-state index < -0.39 is 0 Å². The number of carbonyl (C=O) groups excluding carboxylic acids is 1. The highest BCUT2D eigenvalue weighted by Gasteiger charge is 2.14. The van der Waals surface area contributed by atoms with Gasteiger partial charge in [-0.15, -0.1) is 0 Å². The molecule has 0 fully saturated rings. The summed E-state index contributed by atoms with van der Waals surface area (Å²) in [5, 5.41) is 4.50. The Balaban J connectivity index is 2.12. The summed E-state index contributed by atoms with van der Waals surface area (Å²) >= 11 is 0. The van der Waals surface area contributed by atoms with Gasteiger partial charge in [-0.3, -0.25) is 19.2 Å². The van der Waals surface area contributed by atoms with E-state index in [1.54, 1.807) is 16.6 Å². The quantitative estimate of drug-likeness (QED) is 0.809. The van der Waals surface area contributed by atoms with Gasteiger partial charge >= 0.3 is 0 Å². The molecule has 22 heavy (non-hydrogen) atoms. The van der Waals surface area contributed by atoms with E-state index in [1.165, 1.54) is 6.20 Å². The van der Waals surface area contributed by atoms with Gasteiger partial charge in [0.25, 0.3) is 5.56 Å². The van der Waals surface area contributed by atoms with Crippen molar-refractivity contribution in [1.82, 2.24) is 29.5 Å². The van der Waals surface area contributed by atoms with E-state index in [2.05, 4.69) is 15.1 Å². The lowest BCUT2D eigenvalue weighted by atomic mass is 10.4. The van der Waals surface area contributed by atoms with Crippen molar-refractivity contribution in [2.45, 2.75) is 20.4 Å². The maximum Gasteiger partial charge on any atom is 0.262 e. The molecule has 2 heterocycles. The monoisotopic (exact) mass is 306 g/mol. The van der Waals surface area contributed by atoms with Gasteiger partial charge in [0.2, 0.25) is 5.91 Å². The van der Waals surface area contributed by atoms with Crippen molar-refractivity contribution >= 4 is 16.9 Å². The average molecular weight is 306 g/mol. The van der Waals surface area contributed by atoms with Gasteiger partial charge in [0.1, 0.15) is 11.2 Å². The van der Waals surface area contributed by atoms with E-state index in [0.717, 1.165) is 0 Å². The molecule has 0 saturated carbocycles. The van der Waals surface area contributed by atoms with Gasteiger partial charge in [0.05, 0.1) is 19.3 Å². The number of aromatic nitrogens is 4. The SMILES string of the molecule is CCN(CC)C(=O)CN(C)Cc1nc2c(cnn2C)c(=O)[nH]1. The average Bonchev–Trinajstić information content (AvgIpc) is 2.82. The summed E-state index contributed by atoms with van der Waals surface area (Å²) in [5.74, 6) is 0.590. The first-order valence-electron chi connectivity index (χ1n) is 7.33. The highest BCUT2D eigenvalue weighted by Crippen LogP contribution is 2.05. The second-order valence-electron chi connectivity index (χ2n) is 5.26. The van der Waals surface area contributed by atoms with Gasteiger partial charge in [-0.05, 0) is 20.9 Å². The molecule has 1 N–H and O–H groups in total. The van der Waals surface area contributed by atoms with Crippen LogP contribution < -0.4 is 5.56 Å². The van der Waals surface area contributed by atoms with E-state index in [-0.39, 0.29) is 18.0 Å². The Morgan fingerprint density at radius 1 is 1.36 bits per heavy atom. The summed E-state index contributed by atoms with van der Waals surface area (Å²) in [7, 11) is 3.57. The molecule has 2 rings (SSSR count). The number of H-pyrrole nitrogens is 1. The van der Waals surface area contributed by atoms with Gasteiger partial charge in [0, 0.05) is 20.1 Å². The Morgan fingerprint density at radius 3 is 2.68 bits per heavy atom. The van der Waals surface area contributed by atoms with Crippen LogP contribution in [-0.4, -0.2) is 62.1 Å². The summed E-state index contributed by atoms with van der Waals surface area (Å²) < 4.78 is 1.56. The first-order valence-corrected chi connectivity index (χ1v) is 7.33.